The third-order valence-electron chi connectivity index (χ3n) is 3.71. The highest BCUT2D eigenvalue weighted by Gasteiger charge is 2.14. The molecule has 0 spiro atoms. The van der Waals surface area contributed by atoms with Gasteiger partial charge in [-0.05, 0) is 44.0 Å². The molecule has 2 atom stereocenters. The second-order valence-electron chi connectivity index (χ2n) is 4.95. The molecule has 2 unspecified atom stereocenters. The van der Waals surface area contributed by atoms with Gasteiger partial charge < -0.3 is 10.6 Å². The minimum absolute atomic E-state index is 0.00120. The Labute approximate surface area is 130 Å². The van der Waals surface area contributed by atoms with Crippen molar-refractivity contribution >= 4 is 27.5 Å². The number of nitrogens with zero attached hydrogens (tertiary/aromatic N) is 1. The minimum atomic E-state index is -0.00120. The van der Waals surface area contributed by atoms with Crippen LogP contribution in [0.4, 0.5) is 0 Å². The Kier molecular flexibility index (Phi) is 7.37. The number of halogens is 2. The molecule has 0 fully saturated rings. The van der Waals surface area contributed by atoms with Crippen LogP contribution in [-0.4, -0.2) is 24.0 Å². The Morgan fingerprint density at radius 1 is 1.37 bits per heavy atom. The highest BCUT2D eigenvalue weighted by atomic mass is 79.9. The van der Waals surface area contributed by atoms with Crippen molar-refractivity contribution in [3.8, 4) is 0 Å². The summed E-state index contributed by atoms with van der Waals surface area (Å²) in [7, 11) is 0. The van der Waals surface area contributed by atoms with Crippen molar-refractivity contribution in [3.05, 3.63) is 33.3 Å². The fourth-order valence-electron chi connectivity index (χ4n) is 2.21. The lowest BCUT2D eigenvalue weighted by atomic mass is 10.0. The largest absolute Gasteiger partial charge is 0.324 e. The molecule has 2 nitrogen and oxygen atoms in total. The lowest BCUT2D eigenvalue weighted by Crippen LogP contribution is -2.34. The van der Waals surface area contributed by atoms with Crippen LogP contribution in [0.5, 0.6) is 0 Å². The van der Waals surface area contributed by atoms with Crippen molar-refractivity contribution in [3.63, 3.8) is 0 Å². The zero-order valence-electron chi connectivity index (χ0n) is 12.0. The van der Waals surface area contributed by atoms with Crippen molar-refractivity contribution in [1.82, 2.24) is 4.90 Å². The van der Waals surface area contributed by atoms with E-state index in [1.165, 1.54) is 6.42 Å². The molecule has 1 aromatic carbocycles. The van der Waals surface area contributed by atoms with Crippen LogP contribution < -0.4 is 5.73 Å². The molecule has 0 amide bonds. The van der Waals surface area contributed by atoms with Gasteiger partial charge in [-0.2, -0.15) is 0 Å². The van der Waals surface area contributed by atoms with Gasteiger partial charge in [0.15, 0.2) is 0 Å². The van der Waals surface area contributed by atoms with Gasteiger partial charge in [-0.15, -0.1) is 0 Å². The smallest absolute Gasteiger partial charge is 0.0464 e. The maximum absolute atomic E-state index is 6.26. The van der Waals surface area contributed by atoms with Crippen LogP contribution >= 0.6 is 27.5 Å². The number of hydrogen-bond acceptors (Lipinski definition) is 2. The molecule has 0 saturated heterocycles. The third-order valence-corrected chi connectivity index (χ3v) is 4.53. The first kappa shape index (κ1) is 17.0. The van der Waals surface area contributed by atoms with E-state index in [1.54, 1.807) is 0 Å². The first-order chi connectivity index (χ1) is 8.99. The van der Waals surface area contributed by atoms with E-state index in [0.29, 0.717) is 6.04 Å². The van der Waals surface area contributed by atoms with E-state index >= 15 is 0 Å². The van der Waals surface area contributed by atoms with Crippen LogP contribution in [0, 0.1) is 0 Å². The summed E-state index contributed by atoms with van der Waals surface area (Å²) in [5, 5.41) is 0.744. The standard InChI is InChI=1S/C15H24BrClN2/c1-4-11(3)19(5-2)9-8-15(18)13-7-6-12(16)10-14(13)17/h6-7,10-11,15H,4-5,8-9,18H2,1-3H3. The van der Waals surface area contributed by atoms with Crippen molar-refractivity contribution in [2.45, 2.75) is 45.7 Å². The fraction of sp³-hybridized carbons (Fsp3) is 0.600. The summed E-state index contributed by atoms with van der Waals surface area (Å²) in [6.45, 7) is 8.76. The van der Waals surface area contributed by atoms with Gasteiger partial charge >= 0.3 is 0 Å². The molecule has 0 bridgehead atoms. The highest BCUT2D eigenvalue weighted by Crippen LogP contribution is 2.27. The average Bonchev–Trinajstić information content (AvgIpc) is 2.38. The molecular weight excluding hydrogens is 324 g/mol. The molecule has 1 rings (SSSR count). The zero-order valence-corrected chi connectivity index (χ0v) is 14.3. The molecule has 0 aliphatic carbocycles. The van der Waals surface area contributed by atoms with Gasteiger partial charge in [-0.1, -0.05) is 47.4 Å². The van der Waals surface area contributed by atoms with E-state index in [0.717, 1.165) is 34.6 Å². The van der Waals surface area contributed by atoms with Gasteiger partial charge in [0.1, 0.15) is 0 Å². The molecule has 0 heterocycles. The number of hydrogen-bond donors (Lipinski definition) is 1. The van der Waals surface area contributed by atoms with E-state index in [9.17, 15) is 0 Å². The Balaban J connectivity index is 2.61. The van der Waals surface area contributed by atoms with Gasteiger partial charge in [0.25, 0.3) is 0 Å². The van der Waals surface area contributed by atoms with Crippen molar-refractivity contribution in [2.24, 2.45) is 5.73 Å². The van der Waals surface area contributed by atoms with E-state index in [4.69, 9.17) is 17.3 Å². The first-order valence-electron chi connectivity index (χ1n) is 6.94. The molecule has 2 N–H and O–H groups in total. The van der Waals surface area contributed by atoms with Crippen LogP contribution in [-0.2, 0) is 0 Å². The van der Waals surface area contributed by atoms with Gasteiger partial charge in [0.05, 0.1) is 0 Å². The summed E-state index contributed by atoms with van der Waals surface area (Å²) in [5.74, 6) is 0. The first-order valence-corrected chi connectivity index (χ1v) is 8.11. The van der Waals surface area contributed by atoms with Crippen LogP contribution in [0.25, 0.3) is 0 Å². The second-order valence-corrected chi connectivity index (χ2v) is 6.27. The second kappa shape index (κ2) is 8.25. The third kappa shape index (κ3) is 5.07. The van der Waals surface area contributed by atoms with Crippen molar-refractivity contribution in [1.29, 1.82) is 0 Å². The molecule has 108 valence electrons. The average molecular weight is 348 g/mol. The molecule has 0 radical (unpaired) electrons. The molecule has 0 saturated carbocycles. The quantitative estimate of drug-likeness (QED) is 0.780. The Hall–Kier alpha value is -0.0900. The molecule has 19 heavy (non-hydrogen) atoms. The van der Waals surface area contributed by atoms with Crippen molar-refractivity contribution in [2.75, 3.05) is 13.1 Å². The Morgan fingerprint density at radius 3 is 2.58 bits per heavy atom. The molecule has 4 heteroatoms. The van der Waals surface area contributed by atoms with Crippen LogP contribution in [0.1, 0.15) is 45.2 Å². The fourth-order valence-corrected chi connectivity index (χ4v) is 3.02. The number of rotatable bonds is 7. The van der Waals surface area contributed by atoms with Crippen LogP contribution in [0.15, 0.2) is 22.7 Å². The van der Waals surface area contributed by atoms with E-state index in [1.807, 2.05) is 18.2 Å². The van der Waals surface area contributed by atoms with Crippen LogP contribution in [0.3, 0.4) is 0 Å². The van der Waals surface area contributed by atoms with Crippen LogP contribution in [0.2, 0.25) is 5.02 Å². The monoisotopic (exact) mass is 346 g/mol. The van der Waals surface area contributed by atoms with Crippen molar-refractivity contribution < 1.29 is 0 Å². The highest BCUT2D eigenvalue weighted by molar-refractivity contribution is 9.10. The molecule has 1 aromatic rings. The lowest BCUT2D eigenvalue weighted by Gasteiger charge is -2.28. The lowest BCUT2D eigenvalue weighted by molar-refractivity contribution is 0.207. The molecule has 0 aromatic heterocycles. The molecular formula is C15H24BrClN2. The minimum Gasteiger partial charge on any atom is -0.324 e. The molecule has 0 aliphatic rings. The van der Waals surface area contributed by atoms with E-state index in [2.05, 4.69) is 41.6 Å². The predicted molar refractivity (Wildman–Crippen MR) is 87.7 cm³/mol. The summed E-state index contributed by atoms with van der Waals surface area (Å²) in [6.07, 6.45) is 2.10. The Morgan fingerprint density at radius 2 is 2.05 bits per heavy atom. The predicted octanol–water partition coefficient (Wildman–Crippen LogP) is 4.61. The topological polar surface area (TPSA) is 29.3 Å². The molecule has 0 aliphatic heterocycles. The van der Waals surface area contributed by atoms with Gasteiger partial charge in [-0.25, -0.2) is 0 Å². The van der Waals surface area contributed by atoms with E-state index in [-0.39, 0.29) is 6.04 Å². The van der Waals surface area contributed by atoms with Gasteiger partial charge in [-0.3, -0.25) is 0 Å². The maximum atomic E-state index is 6.26. The van der Waals surface area contributed by atoms with E-state index < -0.39 is 0 Å². The van der Waals surface area contributed by atoms with Gasteiger partial charge in [0, 0.05) is 28.1 Å². The summed E-state index contributed by atoms with van der Waals surface area (Å²) in [6, 6.07) is 6.52. The SMILES string of the molecule is CCC(C)N(CC)CCC(N)c1ccc(Br)cc1Cl. The normalized spacial score (nSPS) is 14.7. The number of nitrogens with two attached hydrogens (primary N) is 1. The summed E-state index contributed by atoms with van der Waals surface area (Å²) in [5.41, 5.74) is 7.30. The maximum Gasteiger partial charge on any atom is 0.0464 e. The zero-order chi connectivity index (χ0) is 14.4. The summed E-state index contributed by atoms with van der Waals surface area (Å²) >= 11 is 9.65. The van der Waals surface area contributed by atoms with Gasteiger partial charge in [0.2, 0.25) is 0 Å². The Bertz CT molecular complexity index is 398. The summed E-state index contributed by atoms with van der Waals surface area (Å²) in [4.78, 5) is 2.46. The number of benzene rings is 1. The summed E-state index contributed by atoms with van der Waals surface area (Å²) < 4.78 is 0.989.